The van der Waals surface area contributed by atoms with Gasteiger partial charge in [0, 0.05) is 50.1 Å². The third-order valence-corrected chi connectivity index (χ3v) is 5.35. The Hall–Kier alpha value is -0.320. The number of β-amino-alcohol motifs (C(OH)–C–C–N with tert-alkyl or cyclic N) is 2. The zero-order valence-corrected chi connectivity index (χ0v) is 15.8. The second-order valence-corrected chi connectivity index (χ2v) is 8.51. The predicted octanol–water partition coefficient (Wildman–Crippen LogP) is -1.86. The molecule has 0 amide bonds. The highest BCUT2D eigenvalue weighted by Gasteiger charge is 2.47. The van der Waals surface area contributed by atoms with Crippen molar-refractivity contribution >= 4 is 0 Å². The molecular formula is C18H39N3O5. The zero-order chi connectivity index (χ0) is 18.7. The van der Waals surface area contributed by atoms with Crippen LogP contribution in [0, 0.1) is 10.8 Å². The minimum Gasteiger partial charge on any atom is -0.396 e. The molecule has 0 radical (unpaired) electrons. The van der Waals surface area contributed by atoms with Crippen molar-refractivity contribution < 1.29 is 25.2 Å². The maximum atomic E-state index is 8.88. The molecule has 4 aliphatic rings. The Morgan fingerprint density at radius 1 is 0.808 bits per heavy atom. The molecule has 2 atom stereocenters. The minimum atomic E-state index is -0.528. The number of hydrogen-bond acceptors (Lipinski definition) is 8. The molecule has 4 N–H and O–H groups in total. The third-order valence-electron chi connectivity index (χ3n) is 5.35. The Bertz CT molecular complexity index is 392. The Labute approximate surface area is 158 Å². The summed E-state index contributed by atoms with van der Waals surface area (Å²) < 4.78 is 5.10. The zero-order valence-electron chi connectivity index (χ0n) is 15.8. The van der Waals surface area contributed by atoms with Crippen LogP contribution in [0.15, 0.2) is 0 Å². The van der Waals surface area contributed by atoms with Crippen LogP contribution in [-0.4, -0.2) is 134 Å². The van der Waals surface area contributed by atoms with E-state index in [1.165, 1.54) is 13.1 Å². The first-order chi connectivity index (χ1) is 11.7. The van der Waals surface area contributed by atoms with Gasteiger partial charge in [0.05, 0.1) is 38.6 Å². The van der Waals surface area contributed by atoms with Crippen molar-refractivity contribution in [1.82, 2.24) is 14.7 Å². The van der Waals surface area contributed by atoms with Gasteiger partial charge in [0.15, 0.2) is 0 Å². The third kappa shape index (κ3) is 5.84. The maximum absolute atomic E-state index is 8.88. The number of hydrogen-bond donors (Lipinski definition) is 4. The normalized spacial score (nSPS) is 32.0. The van der Waals surface area contributed by atoms with Gasteiger partial charge in [0.2, 0.25) is 0 Å². The van der Waals surface area contributed by atoms with E-state index < -0.39 is 12.2 Å². The highest BCUT2D eigenvalue weighted by Crippen LogP contribution is 2.36. The van der Waals surface area contributed by atoms with Crippen LogP contribution in [0.1, 0.15) is 7.43 Å². The summed E-state index contributed by atoms with van der Waals surface area (Å²) in [7, 11) is 6.01. The summed E-state index contributed by atoms with van der Waals surface area (Å²) in [6.45, 7) is 7.58. The van der Waals surface area contributed by atoms with Gasteiger partial charge in [0.1, 0.15) is 0 Å². The van der Waals surface area contributed by atoms with Crippen LogP contribution in [0.25, 0.3) is 0 Å². The fourth-order valence-electron chi connectivity index (χ4n) is 3.98. The highest BCUT2D eigenvalue weighted by molar-refractivity contribution is 4.97. The lowest BCUT2D eigenvalue weighted by Crippen LogP contribution is -2.64. The van der Waals surface area contributed by atoms with Gasteiger partial charge in [-0.1, -0.05) is 7.43 Å². The van der Waals surface area contributed by atoms with Crippen LogP contribution in [0.4, 0.5) is 0 Å². The van der Waals surface area contributed by atoms with E-state index in [0.29, 0.717) is 18.5 Å². The second kappa shape index (κ2) is 9.75. The van der Waals surface area contributed by atoms with Gasteiger partial charge in [-0.05, 0) is 21.1 Å². The largest absolute Gasteiger partial charge is 0.396 e. The summed E-state index contributed by atoms with van der Waals surface area (Å²) in [6.07, 6.45) is -1.06. The number of likely N-dealkylation sites (tertiary alicyclic amines) is 3. The number of nitrogens with zero attached hydrogens (tertiary/aromatic N) is 3. The molecule has 0 saturated carbocycles. The Morgan fingerprint density at radius 3 is 1.35 bits per heavy atom. The molecule has 4 saturated heterocycles. The SMILES string of the molecule is C.CN1CC(CO)(CO)C1.CN1CC(O)C(O)C1.CN1CC2(COC2)C1. The molecule has 0 aliphatic carbocycles. The number of aliphatic hydroxyl groups excluding tert-OH is 4. The minimum absolute atomic E-state index is 0. The summed E-state index contributed by atoms with van der Waals surface area (Å²) in [5.41, 5.74) is 0.434. The van der Waals surface area contributed by atoms with Gasteiger partial charge in [-0.2, -0.15) is 0 Å². The number of likely N-dealkylation sites (N-methyl/N-ethyl adjacent to an activating group) is 1. The molecule has 1 spiro atoms. The lowest BCUT2D eigenvalue weighted by molar-refractivity contribution is -0.182. The smallest absolute Gasteiger partial charge is 0.0938 e. The van der Waals surface area contributed by atoms with Crippen LogP contribution in [0.5, 0.6) is 0 Å². The fraction of sp³-hybridized carbons (Fsp3) is 1.00. The molecule has 0 aromatic carbocycles. The Balaban J connectivity index is 0.000000192. The number of rotatable bonds is 2. The quantitative estimate of drug-likeness (QED) is 0.445. The van der Waals surface area contributed by atoms with Gasteiger partial charge < -0.3 is 39.9 Å². The molecule has 4 heterocycles. The summed E-state index contributed by atoms with van der Waals surface area (Å²) >= 11 is 0. The molecule has 0 aromatic heterocycles. The molecule has 8 nitrogen and oxygen atoms in total. The van der Waals surface area contributed by atoms with Crippen LogP contribution >= 0.6 is 0 Å². The Kier molecular flexibility index (Phi) is 8.89. The first-order valence-electron chi connectivity index (χ1n) is 8.94. The van der Waals surface area contributed by atoms with Crippen LogP contribution < -0.4 is 0 Å². The van der Waals surface area contributed by atoms with Crippen LogP contribution in [-0.2, 0) is 4.74 Å². The first-order valence-corrected chi connectivity index (χ1v) is 8.94. The molecule has 156 valence electrons. The number of aliphatic hydroxyl groups is 4. The van der Waals surface area contributed by atoms with Gasteiger partial charge in [0.25, 0.3) is 0 Å². The first kappa shape index (κ1) is 23.7. The number of ether oxygens (including phenoxy) is 1. The van der Waals surface area contributed by atoms with Crippen molar-refractivity contribution in [2.75, 3.05) is 86.8 Å². The average molecular weight is 378 g/mol. The highest BCUT2D eigenvalue weighted by atomic mass is 16.5. The van der Waals surface area contributed by atoms with E-state index in [9.17, 15) is 0 Å². The van der Waals surface area contributed by atoms with E-state index in [-0.39, 0.29) is 26.1 Å². The van der Waals surface area contributed by atoms with E-state index >= 15 is 0 Å². The molecular weight excluding hydrogens is 338 g/mol. The van der Waals surface area contributed by atoms with Gasteiger partial charge in [-0.3, -0.25) is 0 Å². The lowest BCUT2D eigenvalue weighted by Gasteiger charge is -2.53. The second-order valence-electron chi connectivity index (χ2n) is 8.51. The topological polar surface area (TPSA) is 99.9 Å². The summed E-state index contributed by atoms with van der Waals surface area (Å²) in [6, 6.07) is 0. The van der Waals surface area contributed by atoms with Gasteiger partial charge in [-0.25, -0.2) is 0 Å². The molecule has 0 aromatic rings. The molecule has 2 unspecified atom stereocenters. The Morgan fingerprint density at radius 2 is 1.23 bits per heavy atom. The van der Waals surface area contributed by atoms with Crippen molar-refractivity contribution in [1.29, 1.82) is 0 Å². The summed E-state index contributed by atoms with van der Waals surface area (Å²) in [5.74, 6) is 0. The summed E-state index contributed by atoms with van der Waals surface area (Å²) in [4.78, 5) is 6.31. The molecule has 4 rings (SSSR count). The van der Waals surface area contributed by atoms with E-state index in [0.717, 1.165) is 26.3 Å². The van der Waals surface area contributed by atoms with Crippen molar-refractivity contribution in [3.63, 3.8) is 0 Å². The lowest BCUT2D eigenvalue weighted by atomic mass is 9.79. The average Bonchev–Trinajstić information content (AvgIpc) is 2.76. The van der Waals surface area contributed by atoms with Gasteiger partial charge >= 0.3 is 0 Å². The van der Waals surface area contributed by atoms with Gasteiger partial charge in [-0.15, -0.1) is 0 Å². The van der Waals surface area contributed by atoms with E-state index in [1.54, 1.807) is 0 Å². The molecule has 4 fully saturated rings. The molecule has 0 bridgehead atoms. The van der Waals surface area contributed by atoms with Crippen LogP contribution in [0.3, 0.4) is 0 Å². The summed E-state index contributed by atoms with van der Waals surface area (Å²) in [5, 5.41) is 35.3. The van der Waals surface area contributed by atoms with Crippen molar-refractivity contribution in [2.45, 2.75) is 19.6 Å². The van der Waals surface area contributed by atoms with Crippen molar-refractivity contribution in [3.05, 3.63) is 0 Å². The van der Waals surface area contributed by atoms with Crippen molar-refractivity contribution in [3.8, 4) is 0 Å². The standard InChI is InChI=1S/C6H13NO2.C6H11NO.C5H11NO2.CH4/c1-7-2-6(3-7,4-8)5-9;1-7-2-6(3-7)4-8-5-6;1-6-2-4(7)5(8)3-6;/h8-9H,2-5H2,1H3;2-5H2,1H3;4-5,7-8H,2-3H2,1H3;1H4. The van der Waals surface area contributed by atoms with E-state index in [4.69, 9.17) is 25.2 Å². The molecule has 4 aliphatic heterocycles. The molecule has 8 heteroatoms. The maximum Gasteiger partial charge on any atom is 0.0938 e. The van der Waals surface area contributed by atoms with E-state index in [1.807, 2.05) is 19.0 Å². The fourth-order valence-corrected chi connectivity index (χ4v) is 3.98. The van der Waals surface area contributed by atoms with Crippen LogP contribution in [0.2, 0.25) is 0 Å². The van der Waals surface area contributed by atoms with Crippen molar-refractivity contribution in [2.24, 2.45) is 10.8 Å². The monoisotopic (exact) mass is 377 g/mol. The van der Waals surface area contributed by atoms with E-state index in [2.05, 4.69) is 16.8 Å². The molecule has 26 heavy (non-hydrogen) atoms. The predicted molar refractivity (Wildman–Crippen MR) is 101 cm³/mol.